The molecule has 5 heteroatoms. The molecule has 140 valence electrons. The smallest absolute Gasteiger partial charge is 0.228 e. The summed E-state index contributed by atoms with van der Waals surface area (Å²) in [6.07, 6.45) is 5.27. The number of amides is 2. The molecule has 26 heavy (non-hydrogen) atoms. The molecule has 3 saturated heterocycles. The van der Waals surface area contributed by atoms with E-state index in [0.717, 1.165) is 45.2 Å². The Hall–Kier alpha value is -1.88. The molecule has 5 nitrogen and oxygen atoms in total. The minimum atomic E-state index is -0.0753. The van der Waals surface area contributed by atoms with Crippen LogP contribution < -0.4 is 0 Å². The average molecular weight is 356 g/mol. The second kappa shape index (κ2) is 7.39. The molecule has 1 aromatic carbocycles. The molecule has 3 aliphatic rings. The Morgan fingerprint density at radius 2 is 2.00 bits per heavy atom. The van der Waals surface area contributed by atoms with Crippen molar-refractivity contribution in [2.75, 3.05) is 26.3 Å². The molecule has 0 aromatic heterocycles. The van der Waals surface area contributed by atoms with Gasteiger partial charge in [0, 0.05) is 38.2 Å². The third-order valence-corrected chi connectivity index (χ3v) is 6.37. The summed E-state index contributed by atoms with van der Waals surface area (Å²) in [5.41, 5.74) is 1.11. The van der Waals surface area contributed by atoms with Crippen LogP contribution in [0.15, 0.2) is 30.3 Å². The molecule has 1 aromatic rings. The van der Waals surface area contributed by atoms with Gasteiger partial charge in [0.05, 0.1) is 12.5 Å². The molecule has 0 radical (unpaired) electrons. The van der Waals surface area contributed by atoms with Gasteiger partial charge >= 0.3 is 0 Å². The summed E-state index contributed by atoms with van der Waals surface area (Å²) < 4.78 is 5.39. The number of carbonyl (C=O) groups is 2. The van der Waals surface area contributed by atoms with Crippen molar-refractivity contribution in [3.05, 3.63) is 35.9 Å². The van der Waals surface area contributed by atoms with E-state index in [0.29, 0.717) is 26.2 Å². The van der Waals surface area contributed by atoms with Gasteiger partial charge in [-0.15, -0.1) is 0 Å². The van der Waals surface area contributed by atoms with Crippen LogP contribution >= 0.6 is 0 Å². The minimum absolute atomic E-state index is 0.0367. The van der Waals surface area contributed by atoms with Crippen molar-refractivity contribution in [2.45, 2.75) is 50.6 Å². The number of ether oxygens (including phenoxy) is 1. The first-order valence-corrected chi connectivity index (χ1v) is 9.89. The Morgan fingerprint density at radius 1 is 1.15 bits per heavy atom. The normalized spacial score (nSPS) is 29.4. The Bertz CT molecular complexity index is 656. The van der Waals surface area contributed by atoms with Gasteiger partial charge in [-0.2, -0.15) is 0 Å². The lowest BCUT2D eigenvalue weighted by Gasteiger charge is -2.38. The first kappa shape index (κ1) is 17.5. The number of benzene rings is 1. The van der Waals surface area contributed by atoms with E-state index in [1.54, 1.807) is 0 Å². The highest BCUT2D eigenvalue weighted by Gasteiger charge is 2.46. The van der Waals surface area contributed by atoms with Crippen molar-refractivity contribution >= 4 is 11.8 Å². The largest absolute Gasteiger partial charge is 0.381 e. The van der Waals surface area contributed by atoms with Crippen molar-refractivity contribution in [2.24, 2.45) is 5.92 Å². The Labute approximate surface area is 155 Å². The van der Waals surface area contributed by atoms with Crippen LogP contribution in [0.4, 0.5) is 0 Å². The molecule has 3 aliphatic heterocycles. The monoisotopic (exact) mass is 356 g/mol. The average Bonchev–Trinajstić information content (AvgIpc) is 3.23. The highest BCUT2D eigenvalue weighted by atomic mass is 16.5. The first-order chi connectivity index (χ1) is 12.7. The predicted octanol–water partition coefficient (Wildman–Crippen LogP) is 2.60. The van der Waals surface area contributed by atoms with E-state index in [2.05, 4.69) is 17.0 Å². The maximum absolute atomic E-state index is 12.8. The van der Waals surface area contributed by atoms with Crippen LogP contribution in [0, 0.1) is 5.92 Å². The number of likely N-dealkylation sites (tertiary alicyclic amines) is 2. The van der Waals surface area contributed by atoms with Gasteiger partial charge in [0.2, 0.25) is 11.8 Å². The van der Waals surface area contributed by atoms with Crippen molar-refractivity contribution in [3.8, 4) is 0 Å². The van der Waals surface area contributed by atoms with E-state index in [-0.39, 0.29) is 23.3 Å². The van der Waals surface area contributed by atoms with E-state index >= 15 is 0 Å². The molecule has 0 bridgehead atoms. The summed E-state index contributed by atoms with van der Waals surface area (Å²) in [6.45, 7) is 3.52. The van der Waals surface area contributed by atoms with E-state index < -0.39 is 0 Å². The number of carbonyl (C=O) groups excluding carboxylic acids is 2. The summed E-state index contributed by atoms with van der Waals surface area (Å²) >= 11 is 0. The Kier molecular flexibility index (Phi) is 4.98. The fraction of sp³-hybridized carbons (Fsp3) is 0.619. The van der Waals surface area contributed by atoms with Crippen LogP contribution in [0.2, 0.25) is 0 Å². The van der Waals surface area contributed by atoms with Crippen molar-refractivity contribution in [1.29, 1.82) is 0 Å². The van der Waals surface area contributed by atoms with Crippen molar-refractivity contribution < 1.29 is 14.3 Å². The molecule has 2 unspecified atom stereocenters. The molecule has 0 N–H and O–H groups in total. The zero-order chi connectivity index (χ0) is 18.0. The van der Waals surface area contributed by atoms with Crippen LogP contribution in [0.1, 0.15) is 44.1 Å². The lowest BCUT2D eigenvalue weighted by Crippen LogP contribution is -2.46. The highest BCUT2D eigenvalue weighted by Crippen LogP contribution is 2.40. The van der Waals surface area contributed by atoms with Crippen LogP contribution in [0.25, 0.3) is 0 Å². The number of rotatable bonds is 3. The number of nitrogens with zero attached hydrogens (tertiary/aromatic N) is 2. The maximum Gasteiger partial charge on any atom is 0.228 e. The van der Waals surface area contributed by atoms with E-state index in [9.17, 15) is 9.59 Å². The van der Waals surface area contributed by atoms with E-state index in [1.165, 1.54) is 5.56 Å². The lowest BCUT2D eigenvalue weighted by molar-refractivity contribution is -0.135. The van der Waals surface area contributed by atoms with Crippen LogP contribution in [-0.2, 0) is 20.9 Å². The third kappa shape index (κ3) is 3.37. The molecule has 3 fully saturated rings. The highest BCUT2D eigenvalue weighted by molar-refractivity contribution is 5.80. The van der Waals surface area contributed by atoms with Gasteiger partial charge in [0.15, 0.2) is 0 Å². The molecular weight excluding hydrogens is 328 g/mol. The summed E-state index contributed by atoms with van der Waals surface area (Å²) in [6, 6.07) is 10.2. The Balaban J connectivity index is 1.46. The molecule has 1 spiro atoms. The molecule has 2 amide bonds. The number of hydrogen-bond acceptors (Lipinski definition) is 3. The lowest BCUT2D eigenvalue weighted by atomic mass is 9.87. The zero-order valence-electron chi connectivity index (χ0n) is 15.4. The zero-order valence-corrected chi connectivity index (χ0v) is 15.4. The third-order valence-electron chi connectivity index (χ3n) is 6.37. The SMILES string of the molecule is O=C(C1CCOC1)N1CCCC2(CCC(=O)N2Cc2ccccc2)CC1. The molecule has 0 saturated carbocycles. The summed E-state index contributed by atoms with van der Waals surface area (Å²) in [4.78, 5) is 29.5. The number of hydrogen-bond donors (Lipinski definition) is 0. The van der Waals surface area contributed by atoms with Crippen molar-refractivity contribution in [1.82, 2.24) is 9.80 Å². The van der Waals surface area contributed by atoms with Gasteiger partial charge in [-0.1, -0.05) is 30.3 Å². The van der Waals surface area contributed by atoms with Gasteiger partial charge in [-0.25, -0.2) is 0 Å². The molecule has 3 heterocycles. The topological polar surface area (TPSA) is 49.9 Å². The first-order valence-electron chi connectivity index (χ1n) is 9.89. The van der Waals surface area contributed by atoms with E-state index in [1.807, 2.05) is 23.1 Å². The quantitative estimate of drug-likeness (QED) is 0.836. The second-order valence-electron chi connectivity index (χ2n) is 7.93. The second-order valence-corrected chi connectivity index (χ2v) is 7.93. The van der Waals surface area contributed by atoms with Crippen LogP contribution in [-0.4, -0.2) is 53.5 Å². The van der Waals surface area contributed by atoms with Crippen molar-refractivity contribution in [3.63, 3.8) is 0 Å². The fourth-order valence-corrected chi connectivity index (χ4v) is 4.80. The maximum atomic E-state index is 12.8. The molecule has 0 aliphatic carbocycles. The van der Waals surface area contributed by atoms with Gasteiger partial charge in [-0.05, 0) is 37.7 Å². The summed E-state index contributed by atoms with van der Waals surface area (Å²) in [7, 11) is 0. The summed E-state index contributed by atoms with van der Waals surface area (Å²) in [5, 5.41) is 0. The van der Waals surface area contributed by atoms with E-state index in [4.69, 9.17) is 4.74 Å². The summed E-state index contributed by atoms with van der Waals surface area (Å²) in [5.74, 6) is 0.547. The minimum Gasteiger partial charge on any atom is -0.381 e. The predicted molar refractivity (Wildman–Crippen MR) is 98.3 cm³/mol. The van der Waals surface area contributed by atoms with Gasteiger partial charge in [0.1, 0.15) is 0 Å². The van der Waals surface area contributed by atoms with Gasteiger partial charge < -0.3 is 14.5 Å². The van der Waals surface area contributed by atoms with Crippen LogP contribution in [0.3, 0.4) is 0 Å². The van der Waals surface area contributed by atoms with Crippen LogP contribution in [0.5, 0.6) is 0 Å². The Morgan fingerprint density at radius 3 is 2.77 bits per heavy atom. The molecular formula is C21H28N2O3. The standard InChI is InChI=1S/C21H28N2O3/c24-19-7-10-21(23(19)15-17-5-2-1-3-6-17)9-4-12-22(13-11-21)20(25)18-8-14-26-16-18/h1-3,5-6,18H,4,7-16H2. The van der Waals surface area contributed by atoms with Gasteiger partial charge in [0.25, 0.3) is 0 Å². The van der Waals surface area contributed by atoms with Gasteiger partial charge in [-0.3, -0.25) is 9.59 Å². The fourth-order valence-electron chi connectivity index (χ4n) is 4.80. The molecule has 2 atom stereocenters. The molecule has 4 rings (SSSR count).